The normalized spacial score (nSPS) is 25.0. The van der Waals surface area contributed by atoms with Crippen LogP contribution in [0, 0.1) is 29.5 Å². The molecule has 0 bridgehead atoms. The number of imidazole rings is 1. The highest BCUT2D eigenvalue weighted by Gasteiger charge is 2.54. The Kier molecular flexibility index (Phi) is 20.4. The molecule has 458 valence electrons. The molecule has 3 aromatic carbocycles. The predicted molar refractivity (Wildman–Crippen MR) is 323 cm³/mol. The molecule has 4 aromatic rings. The maximum Gasteiger partial charge on any atom is 0.243 e. The summed E-state index contributed by atoms with van der Waals surface area (Å²) in [5.41, 5.74) is 10.3. The maximum absolute atomic E-state index is 16.6. The van der Waals surface area contributed by atoms with E-state index in [1.165, 1.54) is 51.4 Å². The number of aromatic amines is 1. The quantitative estimate of drug-likeness (QED) is 0.0405. The average molecular weight is 1170 g/mol. The molecule has 3 aliphatic heterocycles. The first-order chi connectivity index (χ1) is 41.2. The summed E-state index contributed by atoms with van der Waals surface area (Å²) in [5.74, 6) is -1.96. The monoisotopic (exact) mass is 1170 g/mol. The van der Waals surface area contributed by atoms with Gasteiger partial charge in [0.05, 0.1) is 24.4 Å². The van der Waals surface area contributed by atoms with E-state index >= 15 is 4.39 Å². The van der Waals surface area contributed by atoms with E-state index in [4.69, 9.17) is 0 Å². The molecule has 18 nitrogen and oxygen atoms in total. The van der Waals surface area contributed by atoms with Crippen LogP contribution in [0.5, 0.6) is 0 Å². The molecule has 6 fully saturated rings. The Hall–Kier alpha value is -6.73. The third-order valence-electron chi connectivity index (χ3n) is 19.7. The lowest BCUT2D eigenvalue weighted by molar-refractivity contribution is -0.139. The van der Waals surface area contributed by atoms with Gasteiger partial charge in [0, 0.05) is 62.2 Å². The van der Waals surface area contributed by atoms with Crippen molar-refractivity contribution >= 4 is 52.4 Å². The summed E-state index contributed by atoms with van der Waals surface area (Å²) < 4.78 is 16.6. The number of hydrogen-bond acceptors (Lipinski definition) is 10. The van der Waals surface area contributed by atoms with Crippen molar-refractivity contribution in [3.05, 3.63) is 89.5 Å². The molecule has 8 N–H and O–H groups in total. The molecule has 4 heterocycles. The van der Waals surface area contributed by atoms with Crippen LogP contribution in [0.2, 0.25) is 0 Å². The molecule has 3 saturated heterocycles. The number of rotatable bonds is 21. The molecule has 7 amide bonds. The number of H-pyrrole nitrogens is 1. The zero-order valence-electron chi connectivity index (χ0n) is 50.1. The minimum atomic E-state index is -1.21. The van der Waals surface area contributed by atoms with Crippen LogP contribution >= 0.6 is 0 Å². The molecular formula is C66H90FN11O7. The largest absolute Gasteiger partial charge is 0.354 e. The van der Waals surface area contributed by atoms with Gasteiger partial charge in [0.15, 0.2) is 5.82 Å². The van der Waals surface area contributed by atoms with Crippen LogP contribution in [0.1, 0.15) is 178 Å². The van der Waals surface area contributed by atoms with Gasteiger partial charge in [0.2, 0.25) is 41.4 Å². The van der Waals surface area contributed by atoms with Gasteiger partial charge in [0.25, 0.3) is 0 Å². The van der Waals surface area contributed by atoms with E-state index in [0.29, 0.717) is 55.5 Å². The van der Waals surface area contributed by atoms with Gasteiger partial charge in [-0.1, -0.05) is 99.5 Å². The molecule has 85 heavy (non-hydrogen) atoms. The average Bonchev–Trinajstić information content (AvgIpc) is 2.03. The summed E-state index contributed by atoms with van der Waals surface area (Å²) >= 11 is 0. The molecule has 0 spiro atoms. The van der Waals surface area contributed by atoms with Gasteiger partial charge in [-0.3, -0.25) is 44.4 Å². The van der Waals surface area contributed by atoms with Crippen molar-refractivity contribution in [2.45, 2.75) is 197 Å². The minimum Gasteiger partial charge on any atom is -0.354 e. The highest BCUT2D eigenvalue weighted by atomic mass is 19.1. The summed E-state index contributed by atoms with van der Waals surface area (Å²) in [5, 5.41) is 14.7. The van der Waals surface area contributed by atoms with E-state index in [1.807, 2.05) is 43.3 Å². The van der Waals surface area contributed by atoms with Crippen molar-refractivity contribution in [1.29, 1.82) is 0 Å². The number of hydrogen-bond donors (Lipinski definition) is 8. The van der Waals surface area contributed by atoms with Gasteiger partial charge in [-0.2, -0.15) is 0 Å². The predicted octanol–water partition coefficient (Wildman–Crippen LogP) is 7.69. The first-order valence-corrected chi connectivity index (χ1v) is 32.0. The van der Waals surface area contributed by atoms with Crippen molar-refractivity contribution in [2.24, 2.45) is 23.7 Å². The molecule has 1 aromatic heterocycles. The van der Waals surface area contributed by atoms with E-state index in [1.54, 1.807) is 54.0 Å². The van der Waals surface area contributed by atoms with Gasteiger partial charge >= 0.3 is 0 Å². The van der Waals surface area contributed by atoms with Gasteiger partial charge in [0.1, 0.15) is 29.5 Å². The van der Waals surface area contributed by atoms with Gasteiger partial charge in [-0.05, 0) is 144 Å². The van der Waals surface area contributed by atoms with Crippen LogP contribution in [-0.2, 0) is 40.0 Å². The number of aromatic nitrogens is 2. The summed E-state index contributed by atoms with van der Waals surface area (Å²) in [6.45, 7) is 8.53. The molecule has 10 atom stereocenters. The van der Waals surface area contributed by atoms with Gasteiger partial charge in [-0.15, -0.1) is 0 Å². The number of aryl methyl sites for hydroxylation is 1. The fraction of sp³-hybridized carbons (Fsp3) is 0.606. The number of nitrogens with zero attached hydrogens (tertiary/aromatic N) is 3. The lowest BCUT2D eigenvalue weighted by atomic mass is 9.59. The van der Waals surface area contributed by atoms with Crippen molar-refractivity contribution in [1.82, 2.24) is 57.2 Å². The molecule has 0 radical (unpaired) electrons. The van der Waals surface area contributed by atoms with Crippen molar-refractivity contribution in [2.75, 3.05) is 32.7 Å². The smallest absolute Gasteiger partial charge is 0.243 e. The fourth-order valence-electron chi connectivity index (χ4n) is 14.7. The fourth-order valence-corrected chi connectivity index (χ4v) is 14.7. The Morgan fingerprint density at radius 1 is 0.706 bits per heavy atom. The van der Waals surface area contributed by atoms with Gasteiger partial charge in [-0.25, -0.2) is 9.37 Å². The van der Waals surface area contributed by atoms with Crippen LogP contribution < -0.4 is 37.4 Å². The standard InChI is InChI=1S/C66H90FN11O7/c1-41-19-13-14-34-78(41)58(81)38-55(74-63(83)52-36-51(52)45-21-9-8-10-22-45)65(85)70-42(2)61-73-53-30-29-50(59(67)60(53)75-61)46-23-17-20-44(35-46)28-31-56(79)72-54(37-57(80)77-32-15-16-33-77)64(84)71-43(3)62(82)68-39-48-26-18-27-49-40-69-76-66(48,49)47-24-11-6-4-5-7-12-25-47/h8-10,17,20-23,29-30,35,41-43,47-49,51-52,54-55,69,76H,4-7,11-16,18-19,24-28,31-34,36-40H2,1-3H3,(H,68,82)(H,70,85)(H,71,84)(H,72,79)(H,73,75)(H,74,83)/t41-,42-,43-,48?,49?,51+,52-,54-,55-,66?/m0/s1. The molecular weight excluding hydrogens is 1080 g/mol. The van der Waals surface area contributed by atoms with Crippen molar-refractivity contribution in [3.8, 4) is 11.1 Å². The third-order valence-corrected chi connectivity index (χ3v) is 19.7. The number of amides is 7. The summed E-state index contributed by atoms with van der Waals surface area (Å²) in [7, 11) is 0. The Balaban J connectivity index is 0.756. The Morgan fingerprint density at radius 2 is 1.40 bits per heavy atom. The Morgan fingerprint density at radius 3 is 2.16 bits per heavy atom. The van der Waals surface area contributed by atoms with E-state index in [2.05, 4.69) is 47.4 Å². The number of halogens is 1. The summed E-state index contributed by atoms with van der Waals surface area (Å²) in [6.07, 6.45) is 18.1. The first kappa shape index (κ1) is 61.4. The summed E-state index contributed by atoms with van der Waals surface area (Å²) in [4.78, 5) is 108. The van der Waals surface area contributed by atoms with E-state index in [-0.39, 0.29) is 95.6 Å². The molecule has 19 heteroatoms. The number of benzene rings is 3. The number of fused-ring (bicyclic) bond motifs is 2. The van der Waals surface area contributed by atoms with Crippen LogP contribution in [-0.4, -0.2) is 124 Å². The van der Waals surface area contributed by atoms with Crippen molar-refractivity contribution in [3.63, 3.8) is 0 Å². The third kappa shape index (κ3) is 14.8. The lowest BCUT2D eigenvalue weighted by Gasteiger charge is -2.50. The highest BCUT2D eigenvalue weighted by molar-refractivity contribution is 5.96. The zero-order valence-corrected chi connectivity index (χ0v) is 50.1. The second kappa shape index (κ2) is 28.2. The van der Waals surface area contributed by atoms with E-state index in [0.717, 1.165) is 69.0 Å². The number of carbonyl (C=O) groups is 7. The highest BCUT2D eigenvalue weighted by Crippen LogP contribution is 2.49. The number of hydrazine groups is 1. The molecule has 10 rings (SSSR count). The first-order valence-electron chi connectivity index (χ1n) is 32.0. The van der Waals surface area contributed by atoms with Crippen LogP contribution in [0.3, 0.4) is 0 Å². The number of nitrogens with one attached hydrogen (secondary N) is 8. The molecule has 6 aliphatic rings. The number of piperidine rings is 1. The minimum absolute atomic E-state index is 0.0288. The van der Waals surface area contributed by atoms with E-state index in [9.17, 15) is 33.6 Å². The maximum atomic E-state index is 16.6. The Bertz CT molecular complexity index is 3010. The second-order valence-corrected chi connectivity index (χ2v) is 25.5. The van der Waals surface area contributed by atoms with Crippen molar-refractivity contribution < 1.29 is 38.0 Å². The number of likely N-dealkylation sites (tertiary alicyclic amines) is 2. The second-order valence-electron chi connectivity index (χ2n) is 25.5. The van der Waals surface area contributed by atoms with Crippen LogP contribution in [0.4, 0.5) is 4.39 Å². The SMILES string of the molecule is C[C@H](NC(=O)[C@H](CC(=O)N1CCCC1)NC(=O)CCc1cccc(-c2ccc3[nH]c([C@H](C)NC(=O)[C@H](CC(=O)N4CCCC[C@@H]4C)NC(=O)[C@H]4C[C@@H]4c4ccccc4)nc3c2F)c1)C(=O)NCC1CCCC2CNNC21C1CCCCCCCC1. The number of carbonyl (C=O) groups excluding carboxylic acids is 7. The van der Waals surface area contributed by atoms with Crippen LogP contribution in [0.25, 0.3) is 22.2 Å². The van der Waals surface area contributed by atoms with Gasteiger partial charge < -0.3 is 41.4 Å². The molecule has 3 saturated carbocycles. The molecule has 3 unspecified atom stereocenters. The topological polar surface area (TPSA) is 239 Å². The summed E-state index contributed by atoms with van der Waals surface area (Å²) in [6, 6.07) is 16.3. The van der Waals surface area contributed by atoms with Crippen LogP contribution in [0.15, 0.2) is 66.7 Å². The Labute approximate surface area is 499 Å². The lowest BCUT2D eigenvalue weighted by Crippen LogP contribution is -2.63. The van der Waals surface area contributed by atoms with E-state index < -0.39 is 47.7 Å². The zero-order chi connectivity index (χ0) is 59.6. The molecule has 3 aliphatic carbocycles.